The van der Waals surface area contributed by atoms with Gasteiger partial charge >= 0.3 is 0 Å². The third kappa shape index (κ3) is 9.50. The lowest BCUT2D eigenvalue weighted by molar-refractivity contribution is -0.139. The van der Waals surface area contributed by atoms with Crippen molar-refractivity contribution in [3.63, 3.8) is 0 Å². The lowest BCUT2D eigenvalue weighted by Crippen LogP contribution is -2.54. The van der Waals surface area contributed by atoms with Crippen LogP contribution in [0.4, 0.5) is 5.82 Å². The maximum Gasteiger partial charge on any atom is 0.266 e. The molecule has 1 saturated heterocycles. The van der Waals surface area contributed by atoms with Crippen LogP contribution in [-0.2, 0) is 21.0 Å². The first-order valence-electron chi connectivity index (χ1n) is 17.3. The van der Waals surface area contributed by atoms with Gasteiger partial charge in [-0.25, -0.2) is 15.4 Å². The molecule has 12 heteroatoms. The first-order chi connectivity index (χ1) is 24.0. The summed E-state index contributed by atoms with van der Waals surface area (Å²) in [6, 6.07) is 22.6. The maximum absolute atomic E-state index is 13.7. The Bertz CT molecular complexity index is 1680. The predicted octanol–water partition coefficient (Wildman–Crippen LogP) is 6.49. The molecule has 5 rings (SSSR count). The van der Waals surface area contributed by atoms with Gasteiger partial charge in [0.25, 0.3) is 5.91 Å². The lowest BCUT2D eigenvalue weighted by Gasteiger charge is -2.39. The summed E-state index contributed by atoms with van der Waals surface area (Å²) in [5, 5.41) is 8.60. The Morgan fingerprint density at radius 2 is 1.36 bits per heavy atom. The average molecular weight is 721 g/mol. The van der Waals surface area contributed by atoms with Gasteiger partial charge in [0.1, 0.15) is 23.7 Å². The summed E-state index contributed by atoms with van der Waals surface area (Å²) < 4.78 is 0. The number of fused-ring (bicyclic) bond motifs is 1. The number of nitrogens with one attached hydrogen (secondary N) is 3. The van der Waals surface area contributed by atoms with E-state index in [1.807, 2.05) is 76.2 Å². The highest BCUT2D eigenvalue weighted by Gasteiger charge is 2.31. The van der Waals surface area contributed by atoms with Crippen molar-refractivity contribution in [2.45, 2.75) is 59.3 Å². The number of para-hydroxylation sites is 1. The molecule has 0 aliphatic carbocycles. The smallest absolute Gasteiger partial charge is 0.266 e. The second kappa shape index (κ2) is 17.4. The van der Waals surface area contributed by atoms with E-state index in [1.165, 1.54) is 11.1 Å². The molecule has 1 aliphatic heterocycles. The molecule has 10 nitrogen and oxygen atoms in total. The van der Waals surface area contributed by atoms with E-state index in [-0.39, 0.29) is 29.7 Å². The fourth-order valence-corrected chi connectivity index (χ4v) is 6.51. The summed E-state index contributed by atoms with van der Waals surface area (Å²) in [6.07, 6.45) is 0. The Balaban J connectivity index is 1.32. The number of rotatable bonds is 14. The van der Waals surface area contributed by atoms with E-state index in [2.05, 4.69) is 50.2 Å². The van der Waals surface area contributed by atoms with Crippen LogP contribution >= 0.6 is 23.2 Å². The van der Waals surface area contributed by atoms with Gasteiger partial charge in [-0.2, -0.15) is 0 Å². The average Bonchev–Trinajstić information content (AvgIpc) is 3.10. The first kappa shape index (κ1) is 37.5. The number of aromatic nitrogens is 2. The molecule has 2 atom stereocenters. The highest BCUT2D eigenvalue weighted by molar-refractivity contribution is 6.30. The molecular formula is C38H47Cl2N7O3. The fraction of sp³-hybridized carbons (Fsp3) is 0.421. The van der Waals surface area contributed by atoms with Crippen LogP contribution in [0.1, 0.15) is 57.6 Å². The summed E-state index contributed by atoms with van der Waals surface area (Å²) in [5.41, 5.74) is 5.58. The minimum Gasteiger partial charge on any atom is -0.358 e. The van der Waals surface area contributed by atoms with Gasteiger partial charge in [0, 0.05) is 41.6 Å². The van der Waals surface area contributed by atoms with Gasteiger partial charge in [-0.15, -0.1) is 0 Å². The number of nitrogens with zero attached hydrogens (tertiary/aromatic N) is 4. The van der Waals surface area contributed by atoms with E-state index >= 15 is 0 Å². The number of benzene rings is 3. The Morgan fingerprint density at radius 1 is 0.780 bits per heavy atom. The molecular weight excluding hydrogens is 673 g/mol. The lowest BCUT2D eigenvalue weighted by atomic mass is 9.96. The number of amides is 2. The standard InChI is InChI=1S/C38H47Cl2N7O3/c1-6-50-45-38(49)34(25(4)5)44-37(48)33(24(2)3)43-36-30-9-7-8-10-31(30)41-32(42-36)23-46-19-21-47(22-20-46)35(26-11-15-28(39)16-12-26)27-13-17-29(40)18-14-27/h7-18,24-25,33-35H,6,19-23H2,1-5H3,(H,44,48)(H,45,49)(H,41,42,43). The second-order valence-electron chi connectivity index (χ2n) is 13.3. The van der Waals surface area contributed by atoms with Crippen LogP contribution in [0.3, 0.4) is 0 Å². The quantitative estimate of drug-likeness (QED) is 0.127. The Kier molecular flexibility index (Phi) is 13.0. The monoisotopic (exact) mass is 719 g/mol. The van der Waals surface area contributed by atoms with Gasteiger partial charge in [-0.3, -0.25) is 24.2 Å². The van der Waals surface area contributed by atoms with E-state index in [9.17, 15) is 9.59 Å². The fourth-order valence-electron chi connectivity index (χ4n) is 6.26. The van der Waals surface area contributed by atoms with Crippen molar-refractivity contribution < 1.29 is 14.4 Å². The summed E-state index contributed by atoms with van der Waals surface area (Å²) >= 11 is 12.5. The molecule has 0 radical (unpaired) electrons. The highest BCUT2D eigenvalue weighted by atomic mass is 35.5. The molecule has 1 fully saturated rings. The Hall–Kier alpha value is -3.80. The van der Waals surface area contributed by atoms with Crippen LogP contribution < -0.4 is 16.1 Å². The van der Waals surface area contributed by atoms with E-state index in [0.29, 0.717) is 34.8 Å². The molecule has 0 bridgehead atoms. The molecule has 50 heavy (non-hydrogen) atoms. The van der Waals surface area contributed by atoms with Crippen LogP contribution in [0, 0.1) is 11.8 Å². The number of piperazine rings is 1. The number of hydroxylamine groups is 1. The van der Waals surface area contributed by atoms with Crippen LogP contribution in [0.2, 0.25) is 10.0 Å². The van der Waals surface area contributed by atoms with E-state index in [1.54, 1.807) is 6.92 Å². The van der Waals surface area contributed by atoms with Crippen LogP contribution in [0.25, 0.3) is 10.9 Å². The van der Waals surface area contributed by atoms with Crippen molar-refractivity contribution in [3.8, 4) is 0 Å². The minimum absolute atomic E-state index is 0.0686. The molecule has 1 aliphatic rings. The van der Waals surface area contributed by atoms with Gasteiger partial charge in [0.05, 0.1) is 24.7 Å². The van der Waals surface area contributed by atoms with Crippen molar-refractivity contribution in [1.29, 1.82) is 0 Å². The van der Waals surface area contributed by atoms with E-state index in [0.717, 1.165) is 37.1 Å². The number of hydrogen-bond acceptors (Lipinski definition) is 8. The first-order valence-corrected chi connectivity index (χ1v) is 18.0. The molecule has 3 aromatic carbocycles. The zero-order chi connectivity index (χ0) is 35.8. The van der Waals surface area contributed by atoms with Crippen molar-refractivity contribution in [1.82, 2.24) is 30.6 Å². The van der Waals surface area contributed by atoms with Crippen molar-refractivity contribution >= 4 is 51.7 Å². The van der Waals surface area contributed by atoms with Gasteiger partial charge in [-0.1, -0.05) is 87.3 Å². The number of halogens is 2. The zero-order valence-electron chi connectivity index (χ0n) is 29.3. The van der Waals surface area contributed by atoms with E-state index < -0.39 is 12.1 Å². The van der Waals surface area contributed by atoms with Crippen LogP contribution in [-0.4, -0.2) is 76.5 Å². The molecule has 1 aromatic heterocycles. The van der Waals surface area contributed by atoms with Gasteiger partial charge < -0.3 is 10.6 Å². The Morgan fingerprint density at radius 3 is 1.92 bits per heavy atom. The van der Waals surface area contributed by atoms with Crippen LogP contribution in [0.15, 0.2) is 72.8 Å². The number of carbonyl (C=O) groups is 2. The van der Waals surface area contributed by atoms with Gasteiger partial charge in [-0.05, 0) is 66.3 Å². The maximum atomic E-state index is 13.7. The van der Waals surface area contributed by atoms with E-state index in [4.69, 9.17) is 38.0 Å². The zero-order valence-corrected chi connectivity index (χ0v) is 30.8. The SMILES string of the molecule is CCONC(=O)C(NC(=O)C(Nc1nc(CN2CCN(C(c3ccc(Cl)cc3)c3ccc(Cl)cc3)CC2)nc2ccccc12)C(C)C)C(C)C. The van der Waals surface area contributed by atoms with Crippen molar-refractivity contribution in [2.75, 3.05) is 38.1 Å². The van der Waals surface area contributed by atoms with Crippen LogP contribution in [0.5, 0.6) is 0 Å². The molecule has 4 aromatic rings. The van der Waals surface area contributed by atoms with Crippen molar-refractivity contribution in [2.24, 2.45) is 11.8 Å². The van der Waals surface area contributed by atoms with Gasteiger partial charge in [0.2, 0.25) is 5.91 Å². The molecule has 2 unspecified atom stereocenters. The summed E-state index contributed by atoms with van der Waals surface area (Å²) in [5.74, 6) is 0.333. The largest absolute Gasteiger partial charge is 0.358 e. The summed E-state index contributed by atoms with van der Waals surface area (Å²) in [4.78, 5) is 46.3. The molecule has 3 N–H and O–H groups in total. The topological polar surface area (TPSA) is 112 Å². The van der Waals surface area contributed by atoms with Gasteiger partial charge in [0.15, 0.2) is 0 Å². The minimum atomic E-state index is -0.757. The summed E-state index contributed by atoms with van der Waals surface area (Å²) in [6.45, 7) is 13.7. The highest BCUT2D eigenvalue weighted by Crippen LogP contribution is 2.32. The molecule has 0 spiro atoms. The number of anilines is 1. The second-order valence-corrected chi connectivity index (χ2v) is 14.2. The summed E-state index contributed by atoms with van der Waals surface area (Å²) in [7, 11) is 0. The molecule has 2 heterocycles. The molecule has 2 amide bonds. The van der Waals surface area contributed by atoms with Crippen molar-refractivity contribution in [3.05, 3.63) is 99.8 Å². The predicted molar refractivity (Wildman–Crippen MR) is 200 cm³/mol. The molecule has 266 valence electrons. The third-order valence-corrected chi connectivity index (χ3v) is 9.47. The normalized spacial score (nSPS) is 15.4. The third-order valence-electron chi connectivity index (χ3n) is 8.96. The molecule has 0 saturated carbocycles. The number of carbonyl (C=O) groups excluding carboxylic acids is 2. The number of hydrogen-bond donors (Lipinski definition) is 3. The Labute approximate surface area is 304 Å².